The van der Waals surface area contributed by atoms with E-state index >= 15 is 0 Å². The number of guanidine groups is 1. The van der Waals surface area contributed by atoms with Crippen molar-refractivity contribution in [3.8, 4) is 11.5 Å². The minimum Gasteiger partial charge on any atom is -0.493 e. The number of hydrogen-bond acceptors (Lipinski definition) is 3. The highest BCUT2D eigenvalue weighted by molar-refractivity contribution is 14.0. The first-order valence-electron chi connectivity index (χ1n) is 9.22. The second kappa shape index (κ2) is 13.2. The third-order valence-corrected chi connectivity index (χ3v) is 3.89. The lowest BCUT2D eigenvalue weighted by Gasteiger charge is -2.13. The second-order valence-electron chi connectivity index (χ2n) is 5.92. The molecule has 2 aromatic rings. The van der Waals surface area contributed by atoms with Crippen LogP contribution in [0, 0.1) is 5.82 Å². The minimum atomic E-state index is -0.210. The van der Waals surface area contributed by atoms with E-state index in [1.165, 1.54) is 6.07 Å². The Balaban J connectivity index is 0.00000392. The van der Waals surface area contributed by atoms with Crippen molar-refractivity contribution in [2.45, 2.75) is 26.8 Å². The topological polar surface area (TPSA) is 54.9 Å². The Bertz CT molecular complexity index is 756. The number of benzene rings is 2. The molecule has 5 nitrogen and oxygen atoms in total. The normalized spacial score (nSPS) is 10.8. The maximum absolute atomic E-state index is 13.2. The van der Waals surface area contributed by atoms with E-state index in [0.717, 1.165) is 35.8 Å². The van der Waals surface area contributed by atoms with Crippen LogP contribution in [0.5, 0.6) is 11.5 Å². The number of aliphatic imine (C=N–C) groups is 1. The summed E-state index contributed by atoms with van der Waals surface area (Å²) in [5.74, 6) is 1.95. The van der Waals surface area contributed by atoms with Crippen molar-refractivity contribution in [3.05, 3.63) is 59.4 Å². The van der Waals surface area contributed by atoms with Gasteiger partial charge in [0.05, 0.1) is 20.3 Å². The first-order valence-corrected chi connectivity index (χ1v) is 9.22. The van der Waals surface area contributed by atoms with Crippen molar-refractivity contribution in [1.29, 1.82) is 0 Å². The first-order chi connectivity index (χ1) is 13.2. The molecule has 0 radical (unpaired) electrons. The van der Waals surface area contributed by atoms with Crippen molar-refractivity contribution in [3.63, 3.8) is 0 Å². The van der Waals surface area contributed by atoms with Gasteiger partial charge in [0.15, 0.2) is 17.5 Å². The van der Waals surface area contributed by atoms with Crippen molar-refractivity contribution >= 4 is 29.9 Å². The molecular formula is C21H29FIN3O2. The van der Waals surface area contributed by atoms with Gasteiger partial charge in [0, 0.05) is 13.1 Å². The van der Waals surface area contributed by atoms with Crippen molar-refractivity contribution in [2.24, 2.45) is 4.99 Å². The molecule has 0 aromatic heterocycles. The van der Waals surface area contributed by atoms with E-state index in [9.17, 15) is 4.39 Å². The van der Waals surface area contributed by atoms with Crippen LogP contribution in [0.25, 0.3) is 0 Å². The Morgan fingerprint density at radius 2 is 1.86 bits per heavy atom. The highest BCUT2D eigenvalue weighted by Gasteiger charge is 2.06. The summed E-state index contributed by atoms with van der Waals surface area (Å²) >= 11 is 0. The van der Waals surface area contributed by atoms with E-state index in [0.29, 0.717) is 25.4 Å². The van der Waals surface area contributed by atoms with Gasteiger partial charge in [-0.1, -0.05) is 18.2 Å². The maximum Gasteiger partial charge on any atom is 0.191 e. The molecule has 0 heterocycles. The highest BCUT2D eigenvalue weighted by atomic mass is 127. The van der Waals surface area contributed by atoms with Gasteiger partial charge in [0.2, 0.25) is 0 Å². The first kappa shape index (κ1) is 24.0. The lowest BCUT2D eigenvalue weighted by Crippen LogP contribution is -2.38. The van der Waals surface area contributed by atoms with Crippen LogP contribution < -0.4 is 20.1 Å². The summed E-state index contributed by atoms with van der Waals surface area (Å²) in [6.07, 6.45) is 0.721. The number of nitrogens with zero attached hydrogens (tertiary/aromatic N) is 1. The Kier molecular flexibility index (Phi) is 11.3. The molecule has 0 fully saturated rings. The molecule has 2 N–H and O–H groups in total. The molecule has 0 unspecified atom stereocenters. The lowest BCUT2D eigenvalue weighted by molar-refractivity contribution is 0.310. The molecular weight excluding hydrogens is 472 g/mol. The molecule has 0 saturated carbocycles. The molecule has 0 amide bonds. The Morgan fingerprint density at radius 3 is 2.54 bits per heavy atom. The molecule has 28 heavy (non-hydrogen) atoms. The van der Waals surface area contributed by atoms with Crippen LogP contribution in [0.15, 0.2) is 47.5 Å². The Labute approximate surface area is 183 Å². The van der Waals surface area contributed by atoms with E-state index < -0.39 is 0 Å². The molecule has 0 aliphatic heterocycles. The second-order valence-corrected chi connectivity index (χ2v) is 5.92. The van der Waals surface area contributed by atoms with Crippen LogP contribution in [0.4, 0.5) is 4.39 Å². The summed E-state index contributed by atoms with van der Waals surface area (Å²) in [5.41, 5.74) is 1.98. The third kappa shape index (κ3) is 7.92. The fourth-order valence-electron chi connectivity index (χ4n) is 2.62. The maximum atomic E-state index is 13.2. The summed E-state index contributed by atoms with van der Waals surface area (Å²) in [6.45, 7) is 6.48. The summed E-state index contributed by atoms with van der Waals surface area (Å²) in [7, 11) is 1.63. The molecule has 7 heteroatoms. The van der Waals surface area contributed by atoms with E-state index in [1.807, 2.05) is 38.1 Å². The lowest BCUT2D eigenvalue weighted by atomic mass is 10.1. The predicted octanol–water partition coefficient (Wildman–Crippen LogP) is 4.15. The molecule has 0 aliphatic carbocycles. The van der Waals surface area contributed by atoms with E-state index in [4.69, 9.17) is 9.47 Å². The number of halogens is 2. The molecule has 2 rings (SSSR count). The molecule has 0 saturated heterocycles. The predicted molar refractivity (Wildman–Crippen MR) is 123 cm³/mol. The van der Waals surface area contributed by atoms with Crippen LogP contribution in [0.1, 0.15) is 25.0 Å². The summed E-state index contributed by atoms with van der Waals surface area (Å²) in [4.78, 5) is 4.61. The average molecular weight is 501 g/mol. The highest BCUT2D eigenvalue weighted by Crippen LogP contribution is 2.28. The van der Waals surface area contributed by atoms with Gasteiger partial charge in [-0.05, 0) is 55.7 Å². The van der Waals surface area contributed by atoms with Crippen molar-refractivity contribution in [1.82, 2.24) is 10.6 Å². The van der Waals surface area contributed by atoms with Crippen LogP contribution in [0.3, 0.4) is 0 Å². The number of methoxy groups -OCH3 is 1. The Hall–Kier alpha value is -2.03. The fourth-order valence-corrected chi connectivity index (χ4v) is 2.62. The van der Waals surface area contributed by atoms with Gasteiger partial charge in [-0.15, -0.1) is 24.0 Å². The average Bonchev–Trinajstić information content (AvgIpc) is 2.66. The molecule has 0 atom stereocenters. The number of rotatable bonds is 9. The van der Waals surface area contributed by atoms with Crippen LogP contribution in [-0.2, 0) is 13.0 Å². The summed E-state index contributed by atoms with van der Waals surface area (Å²) in [6, 6.07) is 12.5. The minimum absolute atomic E-state index is 0. The van der Waals surface area contributed by atoms with Gasteiger partial charge in [-0.3, -0.25) is 0 Å². The van der Waals surface area contributed by atoms with Crippen molar-refractivity contribution in [2.75, 3.05) is 26.8 Å². The van der Waals surface area contributed by atoms with Crippen LogP contribution in [-0.4, -0.2) is 32.8 Å². The summed E-state index contributed by atoms with van der Waals surface area (Å²) < 4.78 is 24.2. The van der Waals surface area contributed by atoms with Gasteiger partial charge in [-0.25, -0.2) is 9.38 Å². The van der Waals surface area contributed by atoms with Crippen LogP contribution in [0.2, 0.25) is 0 Å². The monoisotopic (exact) mass is 501 g/mol. The number of nitrogens with one attached hydrogen (secondary N) is 2. The van der Waals surface area contributed by atoms with Crippen molar-refractivity contribution < 1.29 is 13.9 Å². The van der Waals surface area contributed by atoms with Gasteiger partial charge in [0.25, 0.3) is 0 Å². The van der Waals surface area contributed by atoms with E-state index in [-0.39, 0.29) is 29.8 Å². The zero-order chi connectivity index (χ0) is 19.5. The van der Waals surface area contributed by atoms with Gasteiger partial charge < -0.3 is 20.1 Å². The Morgan fingerprint density at radius 1 is 1.04 bits per heavy atom. The van der Waals surface area contributed by atoms with E-state index in [1.54, 1.807) is 19.2 Å². The third-order valence-electron chi connectivity index (χ3n) is 3.89. The number of ether oxygens (including phenoxy) is 2. The van der Waals surface area contributed by atoms with Gasteiger partial charge >= 0.3 is 0 Å². The van der Waals surface area contributed by atoms with Gasteiger partial charge in [0.1, 0.15) is 5.82 Å². The molecule has 0 bridgehead atoms. The molecule has 0 aliphatic rings. The molecule has 2 aromatic carbocycles. The quantitative estimate of drug-likeness (QED) is 0.308. The zero-order valence-electron chi connectivity index (χ0n) is 16.6. The fraction of sp³-hybridized carbons (Fsp3) is 0.381. The zero-order valence-corrected chi connectivity index (χ0v) is 19.0. The SMILES string of the molecule is CCNC(=NCc1ccc(OC)c(OCC)c1)NCCc1cccc(F)c1.I. The van der Waals surface area contributed by atoms with Gasteiger partial charge in [-0.2, -0.15) is 0 Å². The molecule has 154 valence electrons. The largest absolute Gasteiger partial charge is 0.493 e. The smallest absolute Gasteiger partial charge is 0.191 e. The summed E-state index contributed by atoms with van der Waals surface area (Å²) in [5, 5.41) is 6.50. The standard InChI is InChI=1S/C21H28FN3O2.HI/c1-4-23-21(24-12-11-16-7-6-8-18(22)13-16)25-15-17-9-10-19(26-3)20(14-17)27-5-2;/h6-10,13-14H,4-5,11-12,15H2,1-3H3,(H2,23,24,25);1H. The van der Waals surface area contributed by atoms with E-state index in [2.05, 4.69) is 15.6 Å². The molecule has 0 spiro atoms. The van der Waals surface area contributed by atoms with Crippen LogP contribution >= 0.6 is 24.0 Å². The number of hydrogen-bond donors (Lipinski definition) is 2.